The number of nitrogens with one attached hydrogen (secondary N) is 1. The Bertz CT molecular complexity index is 302. The first-order valence-electron chi connectivity index (χ1n) is 4.92. The van der Waals surface area contributed by atoms with Gasteiger partial charge in [0.1, 0.15) is 5.75 Å². The van der Waals surface area contributed by atoms with Crippen molar-refractivity contribution >= 4 is 18.5 Å². The monoisotopic (exact) mass is 227 g/mol. The van der Waals surface area contributed by atoms with Crippen LogP contribution >= 0.6 is 12.6 Å². The van der Waals surface area contributed by atoms with E-state index in [0.29, 0.717) is 17.9 Å². The Morgan fingerprint density at radius 1 is 1.40 bits per heavy atom. The predicted octanol–water partition coefficient (Wildman–Crippen LogP) is 2.08. The van der Waals surface area contributed by atoms with Gasteiger partial charge in [0.05, 0.1) is 5.56 Å². The van der Waals surface area contributed by atoms with Crippen LogP contribution in [0.25, 0.3) is 0 Å². The van der Waals surface area contributed by atoms with Crippen LogP contribution < -0.4 is 5.32 Å². The summed E-state index contributed by atoms with van der Waals surface area (Å²) in [7, 11) is 0. The molecule has 0 heterocycles. The molecular weight excluding hydrogens is 210 g/mol. The van der Waals surface area contributed by atoms with Crippen molar-refractivity contribution in [2.75, 3.05) is 12.3 Å². The Morgan fingerprint density at radius 3 is 2.53 bits per heavy atom. The molecule has 0 spiro atoms. The Kier molecular flexibility index (Phi) is 7.54. The molecule has 0 unspecified atom stereocenters. The minimum absolute atomic E-state index is 0.000774. The predicted molar refractivity (Wildman–Crippen MR) is 65.6 cm³/mol. The van der Waals surface area contributed by atoms with E-state index in [1.807, 2.05) is 13.8 Å². The molecule has 15 heavy (non-hydrogen) atoms. The lowest BCUT2D eigenvalue weighted by molar-refractivity contribution is 0.0953. The molecule has 0 aromatic heterocycles. The van der Waals surface area contributed by atoms with E-state index >= 15 is 0 Å². The van der Waals surface area contributed by atoms with Crippen LogP contribution in [0.4, 0.5) is 0 Å². The Balaban J connectivity index is 0.000000921. The van der Waals surface area contributed by atoms with Crippen molar-refractivity contribution in [1.29, 1.82) is 0 Å². The molecule has 0 aliphatic rings. The molecule has 0 radical (unpaired) electrons. The van der Waals surface area contributed by atoms with E-state index in [1.165, 1.54) is 6.07 Å². The van der Waals surface area contributed by atoms with Crippen LogP contribution in [0.15, 0.2) is 24.3 Å². The van der Waals surface area contributed by atoms with Crippen LogP contribution in [0, 0.1) is 0 Å². The minimum atomic E-state index is -0.271. The number of aromatic hydroxyl groups is 1. The number of carbonyl (C=O) groups excluding carboxylic acids is 1. The zero-order chi connectivity index (χ0) is 11.7. The van der Waals surface area contributed by atoms with Crippen LogP contribution in [0.1, 0.15) is 24.2 Å². The number of hydrogen-bond donors (Lipinski definition) is 3. The maximum Gasteiger partial charge on any atom is 0.255 e. The van der Waals surface area contributed by atoms with E-state index in [1.54, 1.807) is 18.2 Å². The second-order valence-corrected chi connectivity index (χ2v) is 2.94. The van der Waals surface area contributed by atoms with E-state index in [0.717, 1.165) is 0 Å². The van der Waals surface area contributed by atoms with Crippen molar-refractivity contribution in [2.45, 2.75) is 13.8 Å². The van der Waals surface area contributed by atoms with E-state index in [9.17, 15) is 9.90 Å². The van der Waals surface area contributed by atoms with Gasteiger partial charge in [-0.05, 0) is 12.1 Å². The van der Waals surface area contributed by atoms with E-state index < -0.39 is 0 Å². The number of thiol groups is 1. The zero-order valence-corrected chi connectivity index (χ0v) is 9.92. The van der Waals surface area contributed by atoms with Gasteiger partial charge in [0.25, 0.3) is 5.91 Å². The van der Waals surface area contributed by atoms with Gasteiger partial charge in [0.2, 0.25) is 0 Å². The zero-order valence-electron chi connectivity index (χ0n) is 9.03. The van der Waals surface area contributed by atoms with Crippen molar-refractivity contribution in [3.63, 3.8) is 0 Å². The second-order valence-electron chi connectivity index (χ2n) is 2.50. The topological polar surface area (TPSA) is 49.3 Å². The van der Waals surface area contributed by atoms with Crippen LogP contribution in [0.3, 0.4) is 0 Å². The molecule has 4 heteroatoms. The van der Waals surface area contributed by atoms with Gasteiger partial charge in [0, 0.05) is 12.3 Å². The highest BCUT2D eigenvalue weighted by Gasteiger charge is 2.07. The Morgan fingerprint density at radius 2 is 2.00 bits per heavy atom. The van der Waals surface area contributed by atoms with Gasteiger partial charge in [-0.2, -0.15) is 12.6 Å². The lowest BCUT2D eigenvalue weighted by atomic mass is 10.2. The third kappa shape index (κ3) is 4.74. The highest BCUT2D eigenvalue weighted by Crippen LogP contribution is 2.14. The van der Waals surface area contributed by atoms with Crippen LogP contribution in [0.2, 0.25) is 0 Å². The summed E-state index contributed by atoms with van der Waals surface area (Å²) in [4.78, 5) is 11.3. The number of carbonyl (C=O) groups is 1. The van der Waals surface area contributed by atoms with Crippen LogP contribution in [-0.2, 0) is 0 Å². The number of para-hydroxylation sites is 1. The quantitative estimate of drug-likeness (QED) is 0.692. The first-order valence-corrected chi connectivity index (χ1v) is 5.56. The average Bonchev–Trinajstić information content (AvgIpc) is 2.29. The fourth-order valence-corrected chi connectivity index (χ4v) is 1.04. The summed E-state index contributed by atoms with van der Waals surface area (Å²) in [5.74, 6) is 0.311. The van der Waals surface area contributed by atoms with Gasteiger partial charge in [-0.25, -0.2) is 0 Å². The summed E-state index contributed by atoms with van der Waals surface area (Å²) >= 11 is 3.96. The summed E-state index contributed by atoms with van der Waals surface area (Å²) < 4.78 is 0. The summed E-state index contributed by atoms with van der Waals surface area (Å²) in [5, 5.41) is 11.9. The Hall–Kier alpha value is -1.16. The maximum absolute atomic E-state index is 11.3. The first-order chi connectivity index (χ1) is 7.25. The van der Waals surface area contributed by atoms with Gasteiger partial charge in [-0.3, -0.25) is 4.79 Å². The third-order valence-electron chi connectivity index (χ3n) is 1.55. The molecule has 0 bridgehead atoms. The van der Waals surface area contributed by atoms with E-state index in [-0.39, 0.29) is 11.7 Å². The van der Waals surface area contributed by atoms with Gasteiger partial charge in [-0.1, -0.05) is 26.0 Å². The van der Waals surface area contributed by atoms with Crippen molar-refractivity contribution in [3.8, 4) is 5.75 Å². The third-order valence-corrected chi connectivity index (χ3v) is 1.77. The molecule has 1 aromatic rings. The fraction of sp³-hybridized carbons (Fsp3) is 0.364. The molecule has 3 nitrogen and oxygen atoms in total. The lowest BCUT2D eigenvalue weighted by Gasteiger charge is -2.04. The van der Waals surface area contributed by atoms with Crippen molar-refractivity contribution in [2.24, 2.45) is 0 Å². The molecule has 1 aromatic carbocycles. The molecule has 0 fully saturated rings. The molecular formula is C11H17NO2S. The van der Waals surface area contributed by atoms with Crippen LogP contribution in [-0.4, -0.2) is 23.3 Å². The fourth-order valence-electron chi connectivity index (χ4n) is 0.930. The van der Waals surface area contributed by atoms with E-state index in [4.69, 9.17) is 0 Å². The van der Waals surface area contributed by atoms with Gasteiger partial charge >= 0.3 is 0 Å². The number of hydrogen-bond acceptors (Lipinski definition) is 3. The maximum atomic E-state index is 11.3. The van der Waals surface area contributed by atoms with Gasteiger partial charge < -0.3 is 10.4 Å². The number of benzene rings is 1. The number of rotatable bonds is 3. The smallest absolute Gasteiger partial charge is 0.255 e. The Labute approximate surface area is 95.9 Å². The van der Waals surface area contributed by atoms with Crippen LogP contribution in [0.5, 0.6) is 5.75 Å². The normalized spacial score (nSPS) is 8.73. The molecule has 2 N–H and O–H groups in total. The van der Waals surface area contributed by atoms with Gasteiger partial charge in [0.15, 0.2) is 0 Å². The molecule has 1 amide bonds. The molecule has 0 aliphatic heterocycles. The summed E-state index contributed by atoms with van der Waals surface area (Å²) in [6.07, 6.45) is 0. The average molecular weight is 227 g/mol. The SMILES string of the molecule is CC.O=C(NCCS)c1ccccc1O. The molecule has 84 valence electrons. The lowest BCUT2D eigenvalue weighted by Crippen LogP contribution is -2.25. The standard InChI is InChI=1S/C9H11NO2S.C2H6/c11-8-4-2-1-3-7(8)9(12)10-5-6-13;1-2/h1-4,11,13H,5-6H2,(H,10,12);1-2H3. The number of phenolic OH excluding ortho intramolecular Hbond substituents is 1. The first kappa shape index (κ1) is 13.8. The number of phenols is 1. The molecule has 0 aliphatic carbocycles. The van der Waals surface area contributed by atoms with Crippen molar-refractivity contribution in [3.05, 3.63) is 29.8 Å². The number of amides is 1. The van der Waals surface area contributed by atoms with Gasteiger partial charge in [-0.15, -0.1) is 0 Å². The molecule has 0 atom stereocenters. The summed E-state index contributed by atoms with van der Waals surface area (Å²) in [6.45, 7) is 4.50. The van der Waals surface area contributed by atoms with Crippen molar-refractivity contribution < 1.29 is 9.90 Å². The highest BCUT2D eigenvalue weighted by molar-refractivity contribution is 7.80. The summed E-state index contributed by atoms with van der Waals surface area (Å²) in [5.41, 5.74) is 0.296. The van der Waals surface area contributed by atoms with E-state index in [2.05, 4.69) is 17.9 Å². The van der Waals surface area contributed by atoms with Crippen molar-refractivity contribution in [1.82, 2.24) is 5.32 Å². The molecule has 1 rings (SSSR count). The molecule has 0 saturated heterocycles. The summed E-state index contributed by atoms with van der Waals surface area (Å²) in [6, 6.07) is 6.43. The highest BCUT2D eigenvalue weighted by atomic mass is 32.1. The molecule has 0 saturated carbocycles. The second kappa shape index (κ2) is 8.17. The largest absolute Gasteiger partial charge is 0.507 e. The minimum Gasteiger partial charge on any atom is -0.507 e.